The second kappa shape index (κ2) is 31.2. The largest absolute Gasteiger partial charge is 0.481 e. The summed E-state index contributed by atoms with van der Waals surface area (Å²) in [4.78, 5) is 88.5. The third-order valence-electron chi connectivity index (χ3n) is 10.2. The standard InChI is InChI=1S/C43H68N7O18P3S/c1-4-5-6-7-8-9-10-11-12-13-14-15-16-17-18-19-20-21-31(51)26-34(53)72-25-24-45-33(52)22-23-46-41(56)38(55)43(2,3)28-65-71(62,63)68-70(60,61)64-27-32-37(67-69(57,58)59)36(54)42(66-32)50-30-49-35-39(44)47-29-48-40(35)50/h5-6,8-9,11-12,14-15,17-18,29-32,36-38,42,51,54-55H,4,7,10,13,16,19-28H2,1-3H3,(H,45,52)(H,46,56)(H,60,61)(H,62,63)(H2,44,47,48)(H2,57,58,59)/b6-5-,9-8-,12-11-,15-14-,18-17-/t31-,32-,36+,37+,38-,42-/m0/s1. The normalized spacial score (nSPS) is 20.5. The van der Waals surface area contributed by atoms with Crippen LogP contribution < -0.4 is 16.4 Å². The first kappa shape index (κ1) is 62.5. The number of amides is 2. The van der Waals surface area contributed by atoms with E-state index < -0.39 is 90.7 Å². The molecule has 0 saturated carbocycles. The van der Waals surface area contributed by atoms with Crippen molar-refractivity contribution < 1.29 is 85.6 Å². The van der Waals surface area contributed by atoms with E-state index in [2.05, 4.69) is 102 Å². The molecule has 0 spiro atoms. The lowest BCUT2D eigenvalue weighted by molar-refractivity contribution is -0.137. The number of ether oxygens (including phenoxy) is 1. The van der Waals surface area contributed by atoms with E-state index in [1.165, 1.54) is 13.8 Å². The Balaban J connectivity index is 1.29. The molecule has 1 aliphatic rings. The van der Waals surface area contributed by atoms with Gasteiger partial charge in [-0.15, -0.1) is 0 Å². The summed E-state index contributed by atoms with van der Waals surface area (Å²) >= 11 is 0.972. The Morgan fingerprint density at radius 1 is 0.889 bits per heavy atom. The molecule has 0 aromatic carbocycles. The van der Waals surface area contributed by atoms with Gasteiger partial charge in [0.05, 0.1) is 25.6 Å². The molecule has 1 saturated heterocycles. The van der Waals surface area contributed by atoms with Gasteiger partial charge in [0, 0.05) is 37.1 Å². The van der Waals surface area contributed by atoms with Crippen molar-refractivity contribution >= 4 is 69.1 Å². The average molecular weight is 1100 g/mol. The number of aliphatic hydroxyl groups excluding tert-OH is 3. The summed E-state index contributed by atoms with van der Waals surface area (Å²) in [6.07, 6.45) is 20.1. The zero-order chi connectivity index (χ0) is 53.4. The quantitative estimate of drug-likeness (QED) is 0.0265. The summed E-state index contributed by atoms with van der Waals surface area (Å²) < 4.78 is 62.4. The molecular formula is C43H68N7O18P3S. The van der Waals surface area contributed by atoms with Crippen LogP contribution in [-0.4, -0.2) is 134 Å². The van der Waals surface area contributed by atoms with E-state index >= 15 is 0 Å². The molecule has 2 unspecified atom stereocenters. The van der Waals surface area contributed by atoms with Crippen molar-refractivity contribution in [1.82, 2.24) is 30.2 Å². The van der Waals surface area contributed by atoms with E-state index in [1.807, 2.05) is 0 Å². The smallest absolute Gasteiger partial charge is 0.393 e. The number of aromatic nitrogens is 4. The highest BCUT2D eigenvalue weighted by atomic mass is 32.2. The second-order valence-corrected chi connectivity index (χ2v) is 22.2. The summed E-state index contributed by atoms with van der Waals surface area (Å²) in [5.41, 5.74) is 4.24. The van der Waals surface area contributed by atoms with Crippen LogP contribution >= 0.6 is 35.2 Å². The fourth-order valence-electron chi connectivity index (χ4n) is 6.49. The van der Waals surface area contributed by atoms with Crippen LogP contribution in [-0.2, 0) is 50.7 Å². The van der Waals surface area contributed by atoms with E-state index in [1.54, 1.807) is 0 Å². The molecule has 3 heterocycles. The van der Waals surface area contributed by atoms with Crippen LogP contribution in [0.2, 0.25) is 0 Å². The van der Waals surface area contributed by atoms with Crippen LogP contribution in [0.1, 0.15) is 91.2 Å². The number of nitrogens with one attached hydrogen (secondary N) is 2. The van der Waals surface area contributed by atoms with Crippen molar-refractivity contribution in [1.29, 1.82) is 0 Å². The maximum atomic E-state index is 12.8. The number of fused-ring (bicyclic) bond motifs is 1. The summed E-state index contributed by atoms with van der Waals surface area (Å²) in [5, 5.41) is 36.6. The summed E-state index contributed by atoms with van der Waals surface area (Å²) in [6, 6.07) is 0. The van der Waals surface area contributed by atoms with Gasteiger partial charge in [0.1, 0.15) is 36.3 Å². The molecule has 8 atom stereocenters. The first-order chi connectivity index (χ1) is 33.9. The minimum Gasteiger partial charge on any atom is -0.393 e. The number of imidazole rings is 1. The number of carbonyl (C=O) groups is 3. The van der Waals surface area contributed by atoms with E-state index in [4.69, 9.17) is 19.5 Å². The highest BCUT2D eigenvalue weighted by Gasteiger charge is 2.50. The zero-order valence-electron chi connectivity index (χ0n) is 40.2. The molecular weight excluding hydrogens is 1030 g/mol. The van der Waals surface area contributed by atoms with Gasteiger partial charge < -0.3 is 56.0 Å². The Hall–Kier alpha value is -3.78. The van der Waals surface area contributed by atoms with Gasteiger partial charge >= 0.3 is 23.5 Å². The number of phosphoric acid groups is 3. The molecule has 0 bridgehead atoms. The molecule has 0 radical (unpaired) electrons. The molecule has 404 valence electrons. The minimum absolute atomic E-state index is 0.0217. The molecule has 1 aliphatic heterocycles. The van der Waals surface area contributed by atoms with Gasteiger partial charge in [-0.25, -0.2) is 28.6 Å². The lowest BCUT2D eigenvalue weighted by atomic mass is 9.87. The number of carbonyl (C=O) groups excluding carboxylic acids is 3. The number of nitrogens with two attached hydrogens (primary N) is 1. The highest BCUT2D eigenvalue weighted by Crippen LogP contribution is 2.61. The van der Waals surface area contributed by atoms with Crippen LogP contribution in [0, 0.1) is 5.41 Å². The number of unbranched alkanes of at least 4 members (excludes halogenated alkanes) is 1. The third kappa shape index (κ3) is 23.6. The summed E-state index contributed by atoms with van der Waals surface area (Å²) in [6.45, 7) is 2.46. The Labute approximate surface area is 421 Å². The van der Waals surface area contributed by atoms with Crippen LogP contribution in [0.5, 0.6) is 0 Å². The van der Waals surface area contributed by atoms with Crippen LogP contribution in [0.15, 0.2) is 73.4 Å². The molecule has 2 aromatic rings. The number of nitrogen functional groups attached to an aromatic ring is 1. The van der Waals surface area contributed by atoms with Gasteiger partial charge in [-0.1, -0.05) is 93.3 Å². The summed E-state index contributed by atoms with van der Waals surface area (Å²) in [5.74, 6) is -1.27. The van der Waals surface area contributed by atoms with Gasteiger partial charge in [0.25, 0.3) is 0 Å². The molecule has 3 rings (SSSR count). The molecule has 29 heteroatoms. The number of anilines is 1. The number of phosphoric ester groups is 3. The predicted octanol–water partition coefficient (Wildman–Crippen LogP) is 4.34. The number of thioether (sulfide) groups is 1. The maximum absolute atomic E-state index is 12.8. The lowest BCUT2D eigenvalue weighted by Crippen LogP contribution is -2.46. The van der Waals surface area contributed by atoms with Crippen molar-refractivity contribution in [3.8, 4) is 0 Å². The van der Waals surface area contributed by atoms with Gasteiger partial charge in [0.15, 0.2) is 22.8 Å². The number of nitrogens with zero attached hydrogens (tertiary/aromatic N) is 4. The van der Waals surface area contributed by atoms with Crippen molar-refractivity contribution in [2.45, 2.75) is 122 Å². The SMILES string of the molecule is CC/C=C\C/C=C\C/C=C\C/C=C\C/C=C\CCC[C@H](O)CC(=O)SCCNC(=O)CCNC(=O)[C@H](O)C(C)(C)COP(=O)(O)OP(=O)(O)OC[C@@H]1O[C@H](n2cnc3c(N)ncnc32)[C@H](O)[C@@H]1OP(=O)(O)O. The third-order valence-corrected chi connectivity index (χ3v) is 14.2. The van der Waals surface area contributed by atoms with Crippen molar-refractivity contribution in [2.24, 2.45) is 5.41 Å². The van der Waals surface area contributed by atoms with Gasteiger partial charge in [0.2, 0.25) is 11.8 Å². The molecule has 2 aromatic heterocycles. The zero-order valence-corrected chi connectivity index (χ0v) is 43.7. The highest BCUT2D eigenvalue weighted by molar-refractivity contribution is 8.13. The monoisotopic (exact) mass is 1100 g/mol. The Morgan fingerprint density at radius 2 is 1.50 bits per heavy atom. The minimum atomic E-state index is -5.59. The molecule has 1 fully saturated rings. The van der Waals surface area contributed by atoms with E-state index in [0.717, 1.165) is 73.9 Å². The molecule has 25 nitrogen and oxygen atoms in total. The maximum Gasteiger partial charge on any atom is 0.481 e. The Morgan fingerprint density at radius 3 is 2.12 bits per heavy atom. The van der Waals surface area contributed by atoms with E-state index in [0.29, 0.717) is 6.42 Å². The first-order valence-corrected chi connectivity index (χ1v) is 28.4. The molecule has 2 amide bonds. The topological polar surface area (TPSA) is 384 Å². The fraction of sp³-hybridized carbons (Fsp3) is 0.581. The Kier molecular flexibility index (Phi) is 27.1. The number of allylic oxidation sites excluding steroid dienone is 10. The Bertz CT molecular complexity index is 2340. The van der Waals surface area contributed by atoms with Gasteiger partial charge in [-0.2, -0.15) is 4.31 Å². The van der Waals surface area contributed by atoms with Crippen molar-refractivity contribution in [2.75, 3.05) is 37.8 Å². The first-order valence-electron chi connectivity index (χ1n) is 22.9. The lowest BCUT2D eigenvalue weighted by Gasteiger charge is -2.30. The number of hydrogen-bond acceptors (Lipinski definition) is 19. The molecule has 0 aliphatic carbocycles. The number of rotatable bonds is 34. The van der Waals surface area contributed by atoms with Crippen LogP contribution in [0.4, 0.5) is 5.82 Å². The van der Waals surface area contributed by atoms with Crippen LogP contribution in [0.25, 0.3) is 11.2 Å². The number of hydrogen-bond donors (Lipinski definition) is 10. The van der Waals surface area contributed by atoms with Crippen molar-refractivity contribution in [3.05, 3.63) is 73.4 Å². The van der Waals surface area contributed by atoms with Gasteiger partial charge in [-0.05, 0) is 51.4 Å². The van der Waals surface area contributed by atoms with Crippen LogP contribution in [0.3, 0.4) is 0 Å². The average Bonchev–Trinajstić information content (AvgIpc) is 3.86. The predicted molar refractivity (Wildman–Crippen MR) is 266 cm³/mol. The molecule has 11 N–H and O–H groups in total. The second-order valence-electron chi connectivity index (χ2n) is 16.8. The van der Waals surface area contributed by atoms with Crippen molar-refractivity contribution in [3.63, 3.8) is 0 Å². The number of aliphatic hydroxyl groups is 3. The molecule has 72 heavy (non-hydrogen) atoms. The van der Waals surface area contributed by atoms with E-state index in [-0.39, 0.29) is 53.8 Å². The van der Waals surface area contributed by atoms with Gasteiger partial charge in [-0.3, -0.25) is 32.5 Å². The summed E-state index contributed by atoms with van der Waals surface area (Å²) in [7, 11) is -16.5. The van der Waals surface area contributed by atoms with E-state index in [9.17, 15) is 63.0 Å². The fourth-order valence-corrected chi connectivity index (χ4v) is 10.1.